The lowest BCUT2D eigenvalue weighted by Gasteiger charge is -2.39. The van der Waals surface area contributed by atoms with Crippen LogP contribution in [0.3, 0.4) is 0 Å². The lowest BCUT2D eigenvalue weighted by atomic mass is 9.86. The van der Waals surface area contributed by atoms with Gasteiger partial charge in [-0.05, 0) is 65.1 Å². The van der Waals surface area contributed by atoms with E-state index in [1.165, 1.54) is 0 Å². The molecule has 1 atom stereocenters. The van der Waals surface area contributed by atoms with Crippen molar-refractivity contribution >= 4 is 17.5 Å². The van der Waals surface area contributed by atoms with Crippen molar-refractivity contribution in [3.8, 4) is 34.5 Å². The van der Waals surface area contributed by atoms with E-state index in [9.17, 15) is 4.79 Å². The lowest BCUT2D eigenvalue weighted by molar-refractivity contribution is 0.0691. The van der Waals surface area contributed by atoms with E-state index in [0.717, 1.165) is 27.8 Å². The van der Waals surface area contributed by atoms with Crippen molar-refractivity contribution in [3.05, 3.63) is 142 Å². The summed E-state index contributed by atoms with van der Waals surface area (Å²) in [5, 5.41) is 0.474. The summed E-state index contributed by atoms with van der Waals surface area (Å²) in [5.41, 5.74) is 4.92. The molecule has 5 aromatic carbocycles. The average molecular weight is 680 g/mol. The molecule has 6 rings (SSSR count). The Balaban J connectivity index is 1.51. The topological polar surface area (TPSA) is 75.7 Å². The molecule has 5 aromatic rings. The Bertz CT molecular complexity index is 1890. The van der Waals surface area contributed by atoms with E-state index in [4.69, 9.17) is 40.0 Å². The Kier molecular flexibility index (Phi) is 10.4. The first kappa shape index (κ1) is 33.6. The van der Waals surface area contributed by atoms with Crippen molar-refractivity contribution in [2.24, 2.45) is 0 Å². The van der Waals surface area contributed by atoms with Crippen LogP contribution in [-0.2, 0) is 19.6 Å². The van der Waals surface area contributed by atoms with E-state index in [0.29, 0.717) is 64.7 Å². The molecule has 0 spiro atoms. The molecule has 1 unspecified atom stereocenters. The van der Waals surface area contributed by atoms with Crippen LogP contribution in [0.1, 0.15) is 44.2 Å². The third-order valence-electron chi connectivity index (χ3n) is 8.54. The van der Waals surface area contributed by atoms with Gasteiger partial charge in [0.05, 0.1) is 34.5 Å². The summed E-state index contributed by atoms with van der Waals surface area (Å²) < 4.78 is 36.5. The minimum atomic E-state index is -0.638. The van der Waals surface area contributed by atoms with Gasteiger partial charge in [-0.25, -0.2) is 0 Å². The largest absolute Gasteiger partial charge is 0.493 e. The highest BCUT2D eigenvalue weighted by atomic mass is 35.5. The van der Waals surface area contributed by atoms with Crippen LogP contribution >= 0.6 is 11.6 Å². The van der Waals surface area contributed by atoms with Crippen molar-refractivity contribution in [1.82, 2.24) is 4.90 Å². The van der Waals surface area contributed by atoms with Gasteiger partial charge in [0.25, 0.3) is 5.91 Å². The zero-order valence-corrected chi connectivity index (χ0v) is 28.7. The molecule has 0 N–H and O–H groups in total. The number of ether oxygens (including phenoxy) is 6. The molecule has 252 valence electrons. The van der Waals surface area contributed by atoms with Crippen LogP contribution in [-0.4, -0.2) is 45.8 Å². The number of carbonyl (C=O) groups excluding carboxylic acids is 1. The highest BCUT2D eigenvalue weighted by Gasteiger charge is 2.38. The number of methoxy groups -OCH3 is 4. The number of hydrogen-bond acceptors (Lipinski definition) is 7. The van der Waals surface area contributed by atoms with Crippen LogP contribution in [0.2, 0.25) is 5.02 Å². The van der Waals surface area contributed by atoms with E-state index in [-0.39, 0.29) is 12.5 Å². The van der Waals surface area contributed by atoms with Gasteiger partial charge in [-0.2, -0.15) is 0 Å². The molecular weight excluding hydrogens is 642 g/mol. The second kappa shape index (κ2) is 15.3. The van der Waals surface area contributed by atoms with Gasteiger partial charge in [0, 0.05) is 22.7 Å². The first-order valence-corrected chi connectivity index (χ1v) is 16.3. The van der Waals surface area contributed by atoms with Crippen molar-refractivity contribution in [2.75, 3.05) is 35.0 Å². The van der Waals surface area contributed by atoms with Gasteiger partial charge in [0.15, 0.2) is 23.0 Å². The monoisotopic (exact) mass is 679 g/mol. The molecule has 1 aliphatic rings. The Hall–Kier alpha value is -5.34. The van der Waals surface area contributed by atoms with Gasteiger partial charge >= 0.3 is 0 Å². The predicted molar refractivity (Wildman–Crippen MR) is 189 cm³/mol. The Labute approximate surface area is 291 Å². The number of fused-ring (bicyclic) bond motifs is 1. The first-order valence-electron chi connectivity index (χ1n) is 15.9. The van der Waals surface area contributed by atoms with Crippen molar-refractivity contribution in [1.29, 1.82) is 0 Å². The maximum Gasteiger partial charge on any atom is 0.254 e. The molecular formula is C40H38ClNO7. The number of carbonyl (C=O) groups is 1. The van der Waals surface area contributed by atoms with Crippen LogP contribution in [0.4, 0.5) is 0 Å². The molecule has 1 heterocycles. The Morgan fingerprint density at radius 2 is 1.24 bits per heavy atom. The van der Waals surface area contributed by atoms with Crippen LogP contribution < -0.4 is 28.4 Å². The standard InChI is InChI=1S/C40H38ClNO7/c1-44-32-22-30(23-33(45-2)37(32)48-24-26-12-7-5-8-13-26)36-35-28(18-19-42(36)40(43)29-16-11-17-31(41)20-29)21-34(46-3)38(39(35)47-4)49-25-27-14-9-6-10-15-27/h5-17,20-23,36H,18-19,24-25H2,1-4H3. The third-order valence-corrected chi connectivity index (χ3v) is 8.78. The number of hydrogen-bond donors (Lipinski definition) is 0. The Morgan fingerprint density at radius 3 is 1.80 bits per heavy atom. The lowest BCUT2D eigenvalue weighted by Crippen LogP contribution is -2.41. The van der Waals surface area contributed by atoms with Gasteiger partial charge in [0.2, 0.25) is 11.5 Å². The SMILES string of the molecule is COc1cc(C2c3c(cc(OC)c(OCc4ccccc4)c3OC)CCN2C(=O)c2cccc(Cl)c2)cc(OC)c1OCc1ccccc1. The van der Waals surface area contributed by atoms with Crippen LogP contribution in [0.15, 0.2) is 103 Å². The van der Waals surface area contributed by atoms with Crippen molar-refractivity contribution in [3.63, 3.8) is 0 Å². The van der Waals surface area contributed by atoms with E-state index in [2.05, 4.69) is 0 Å². The fourth-order valence-corrected chi connectivity index (χ4v) is 6.41. The molecule has 0 aliphatic carbocycles. The van der Waals surface area contributed by atoms with Crippen LogP contribution in [0, 0.1) is 0 Å². The molecule has 1 aliphatic heterocycles. The molecule has 8 nitrogen and oxygen atoms in total. The molecule has 0 saturated heterocycles. The van der Waals surface area contributed by atoms with E-state index in [1.54, 1.807) is 52.7 Å². The smallest absolute Gasteiger partial charge is 0.254 e. The molecule has 9 heteroatoms. The Morgan fingerprint density at radius 1 is 0.673 bits per heavy atom. The van der Waals surface area contributed by atoms with E-state index >= 15 is 0 Å². The molecule has 0 saturated carbocycles. The molecule has 1 amide bonds. The zero-order valence-electron chi connectivity index (χ0n) is 27.9. The number of rotatable bonds is 12. The highest BCUT2D eigenvalue weighted by Crippen LogP contribution is 2.52. The first-order chi connectivity index (χ1) is 23.9. The number of amides is 1. The van der Waals surface area contributed by atoms with E-state index < -0.39 is 6.04 Å². The fourth-order valence-electron chi connectivity index (χ4n) is 6.22. The minimum Gasteiger partial charge on any atom is -0.493 e. The predicted octanol–water partition coefficient (Wildman–Crippen LogP) is 8.32. The molecule has 0 fully saturated rings. The highest BCUT2D eigenvalue weighted by molar-refractivity contribution is 6.31. The van der Waals surface area contributed by atoms with Crippen LogP contribution in [0.25, 0.3) is 0 Å². The average Bonchev–Trinajstić information content (AvgIpc) is 3.15. The van der Waals surface area contributed by atoms with Gasteiger partial charge in [-0.15, -0.1) is 0 Å². The summed E-state index contributed by atoms with van der Waals surface area (Å²) in [6.45, 7) is 1.02. The molecule has 49 heavy (non-hydrogen) atoms. The van der Waals surface area contributed by atoms with Gasteiger partial charge in [-0.3, -0.25) is 4.79 Å². The fraction of sp³-hybridized carbons (Fsp3) is 0.225. The zero-order chi connectivity index (χ0) is 34.3. The summed E-state index contributed by atoms with van der Waals surface area (Å²) in [5.74, 6) is 2.64. The van der Waals surface area contributed by atoms with Crippen LogP contribution in [0.5, 0.6) is 34.5 Å². The second-order valence-electron chi connectivity index (χ2n) is 11.5. The van der Waals surface area contributed by atoms with Gasteiger partial charge < -0.3 is 33.3 Å². The third kappa shape index (κ3) is 7.10. The number of benzene rings is 5. The maximum atomic E-state index is 14.4. The normalized spacial score (nSPS) is 13.7. The van der Waals surface area contributed by atoms with E-state index in [1.807, 2.05) is 83.8 Å². The summed E-state index contributed by atoms with van der Waals surface area (Å²) in [4.78, 5) is 16.2. The minimum absolute atomic E-state index is 0.190. The number of nitrogens with zero attached hydrogens (tertiary/aromatic N) is 1. The molecule has 0 radical (unpaired) electrons. The summed E-state index contributed by atoms with van der Waals surface area (Å²) in [6.07, 6.45) is 0.552. The summed E-state index contributed by atoms with van der Waals surface area (Å²) in [6, 6.07) is 31.8. The maximum absolute atomic E-state index is 14.4. The second-order valence-corrected chi connectivity index (χ2v) is 11.9. The van der Waals surface area contributed by atoms with Gasteiger partial charge in [-0.1, -0.05) is 78.3 Å². The van der Waals surface area contributed by atoms with Crippen molar-refractivity contribution in [2.45, 2.75) is 25.7 Å². The molecule has 0 bridgehead atoms. The van der Waals surface area contributed by atoms with Gasteiger partial charge in [0.1, 0.15) is 13.2 Å². The van der Waals surface area contributed by atoms with Crippen molar-refractivity contribution < 1.29 is 33.2 Å². The summed E-state index contributed by atoms with van der Waals surface area (Å²) >= 11 is 6.35. The quantitative estimate of drug-likeness (QED) is 0.131. The summed E-state index contributed by atoms with van der Waals surface area (Å²) in [7, 11) is 6.37. The molecule has 0 aromatic heterocycles. The number of halogens is 1.